The van der Waals surface area contributed by atoms with Gasteiger partial charge in [-0.1, -0.05) is 12.1 Å². The molecule has 0 unspecified atom stereocenters. The second-order valence-electron chi connectivity index (χ2n) is 6.00. The largest absolute Gasteiger partial charge is 0.416 e. The molecule has 0 aliphatic carbocycles. The summed E-state index contributed by atoms with van der Waals surface area (Å²) in [5.41, 5.74) is 0.709. The van der Waals surface area contributed by atoms with Crippen molar-refractivity contribution < 1.29 is 26.4 Å². The molecule has 2 N–H and O–H groups in total. The Hall–Kier alpha value is -2.39. The number of sulfonamides is 1. The number of halogens is 3. The number of benzene rings is 2. The number of carbonyl (C=O) groups excluding carboxylic acids is 1. The van der Waals surface area contributed by atoms with Gasteiger partial charge in [0.2, 0.25) is 10.0 Å². The topological polar surface area (TPSA) is 75.3 Å². The minimum absolute atomic E-state index is 0.0192. The van der Waals surface area contributed by atoms with E-state index in [1.54, 1.807) is 13.8 Å². The quantitative estimate of drug-likeness (QED) is 0.810. The summed E-state index contributed by atoms with van der Waals surface area (Å²) in [6.45, 7) is 3.18. The summed E-state index contributed by atoms with van der Waals surface area (Å²) in [6.07, 6.45) is -4.47. The first kappa shape index (κ1) is 20.9. The monoisotopic (exact) mass is 400 g/mol. The third kappa shape index (κ3) is 4.86. The van der Waals surface area contributed by atoms with Crippen molar-refractivity contribution in [3.8, 4) is 0 Å². The van der Waals surface area contributed by atoms with Gasteiger partial charge in [-0.3, -0.25) is 4.79 Å². The van der Waals surface area contributed by atoms with Gasteiger partial charge in [0, 0.05) is 12.1 Å². The summed E-state index contributed by atoms with van der Waals surface area (Å²) < 4.78 is 64.7. The second kappa shape index (κ2) is 7.69. The fraction of sp³-hybridized carbons (Fsp3) is 0.278. The molecule has 0 saturated heterocycles. The zero-order chi connectivity index (χ0) is 20.4. The summed E-state index contributed by atoms with van der Waals surface area (Å²) in [5.74, 6) is -0.580. The molecular weight excluding hydrogens is 381 g/mol. The van der Waals surface area contributed by atoms with Gasteiger partial charge in [0.1, 0.15) is 0 Å². The molecule has 2 rings (SSSR count). The molecule has 0 spiro atoms. The van der Waals surface area contributed by atoms with E-state index >= 15 is 0 Å². The lowest BCUT2D eigenvalue weighted by Crippen LogP contribution is -2.25. The van der Waals surface area contributed by atoms with Crippen LogP contribution < -0.4 is 10.0 Å². The molecule has 0 aliphatic heterocycles. The van der Waals surface area contributed by atoms with Gasteiger partial charge in [-0.25, -0.2) is 13.1 Å². The van der Waals surface area contributed by atoms with Crippen LogP contribution in [0.1, 0.15) is 32.6 Å². The molecule has 0 heterocycles. The number of aryl methyl sites for hydroxylation is 1. The molecule has 0 aliphatic rings. The van der Waals surface area contributed by atoms with Gasteiger partial charge in [0.15, 0.2) is 0 Å². The van der Waals surface area contributed by atoms with Gasteiger partial charge in [0.25, 0.3) is 5.91 Å². The number of rotatable bonds is 5. The number of carbonyl (C=O) groups is 1. The minimum Gasteiger partial charge on any atom is -0.348 e. The zero-order valence-electron chi connectivity index (χ0n) is 14.9. The Morgan fingerprint density at radius 3 is 2.37 bits per heavy atom. The lowest BCUT2D eigenvalue weighted by Gasteiger charge is -2.13. The van der Waals surface area contributed by atoms with Crippen molar-refractivity contribution in [2.45, 2.75) is 31.5 Å². The maximum absolute atomic E-state index is 12.8. The molecule has 0 aromatic heterocycles. The van der Waals surface area contributed by atoms with Gasteiger partial charge in [-0.2, -0.15) is 13.2 Å². The normalized spacial score (nSPS) is 12.1. The minimum atomic E-state index is -4.47. The van der Waals surface area contributed by atoms with Crippen molar-refractivity contribution in [1.82, 2.24) is 10.0 Å². The Bertz CT molecular complexity index is 970. The molecule has 0 fully saturated rings. The van der Waals surface area contributed by atoms with E-state index in [9.17, 15) is 26.4 Å². The smallest absolute Gasteiger partial charge is 0.348 e. The Morgan fingerprint density at radius 2 is 1.78 bits per heavy atom. The highest BCUT2D eigenvalue weighted by Gasteiger charge is 2.30. The van der Waals surface area contributed by atoms with E-state index in [1.165, 1.54) is 31.3 Å². The van der Waals surface area contributed by atoms with Crippen LogP contribution in [0.15, 0.2) is 41.3 Å². The highest BCUT2D eigenvalue weighted by Crippen LogP contribution is 2.29. The third-order valence-corrected chi connectivity index (χ3v) is 5.69. The van der Waals surface area contributed by atoms with E-state index in [0.29, 0.717) is 11.1 Å². The van der Waals surface area contributed by atoms with Crippen LogP contribution in [0.25, 0.3) is 0 Å². The molecule has 0 atom stereocenters. The molecule has 1 amide bonds. The fourth-order valence-corrected chi connectivity index (χ4v) is 3.56. The molecule has 0 bridgehead atoms. The number of amides is 1. The Kier molecular flexibility index (Phi) is 5.96. The Morgan fingerprint density at radius 1 is 1.11 bits per heavy atom. The highest BCUT2D eigenvalue weighted by atomic mass is 32.2. The van der Waals surface area contributed by atoms with Crippen LogP contribution in [0, 0.1) is 13.8 Å². The van der Waals surface area contributed by atoms with E-state index in [0.717, 1.165) is 12.1 Å². The molecule has 5 nitrogen and oxygen atoms in total. The van der Waals surface area contributed by atoms with Crippen molar-refractivity contribution in [3.05, 3.63) is 64.2 Å². The van der Waals surface area contributed by atoms with E-state index in [-0.39, 0.29) is 22.6 Å². The van der Waals surface area contributed by atoms with Crippen molar-refractivity contribution >= 4 is 15.9 Å². The van der Waals surface area contributed by atoms with Gasteiger partial charge < -0.3 is 5.32 Å². The van der Waals surface area contributed by atoms with Crippen LogP contribution in [0.5, 0.6) is 0 Å². The predicted molar refractivity (Wildman–Crippen MR) is 94.8 cm³/mol. The summed E-state index contributed by atoms with van der Waals surface area (Å²) >= 11 is 0. The molecular formula is C18H19F3N2O3S. The van der Waals surface area contributed by atoms with Gasteiger partial charge >= 0.3 is 6.18 Å². The summed E-state index contributed by atoms with van der Waals surface area (Å²) in [5, 5.41) is 2.52. The molecule has 0 saturated carbocycles. The van der Waals surface area contributed by atoms with E-state index < -0.39 is 27.7 Å². The average molecular weight is 400 g/mol. The SMILES string of the molecule is CNS(=O)(=O)c1cc(C(=O)NCc2cccc(C(F)(F)F)c2)cc(C)c1C. The van der Waals surface area contributed by atoms with E-state index in [2.05, 4.69) is 10.0 Å². The van der Waals surface area contributed by atoms with Crippen molar-refractivity contribution in [1.29, 1.82) is 0 Å². The number of alkyl halides is 3. The first-order valence-electron chi connectivity index (χ1n) is 7.95. The highest BCUT2D eigenvalue weighted by molar-refractivity contribution is 7.89. The second-order valence-corrected chi connectivity index (χ2v) is 7.86. The van der Waals surface area contributed by atoms with Crippen LogP contribution in [-0.4, -0.2) is 21.4 Å². The molecule has 146 valence electrons. The first-order chi connectivity index (χ1) is 12.5. The van der Waals surface area contributed by atoms with E-state index in [1.807, 2.05) is 0 Å². The van der Waals surface area contributed by atoms with E-state index in [4.69, 9.17) is 0 Å². The molecule has 2 aromatic carbocycles. The lowest BCUT2D eigenvalue weighted by molar-refractivity contribution is -0.137. The first-order valence-corrected chi connectivity index (χ1v) is 9.43. The maximum Gasteiger partial charge on any atom is 0.416 e. The van der Waals surface area contributed by atoms with Crippen LogP contribution in [-0.2, 0) is 22.7 Å². The number of hydrogen-bond donors (Lipinski definition) is 2. The molecule has 2 aromatic rings. The lowest BCUT2D eigenvalue weighted by atomic mass is 10.1. The van der Waals surface area contributed by atoms with Crippen molar-refractivity contribution in [2.75, 3.05) is 7.05 Å². The summed E-state index contributed by atoms with van der Waals surface area (Å²) in [7, 11) is -2.48. The molecule has 9 heteroatoms. The summed E-state index contributed by atoms with van der Waals surface area (Å²) in [4.78, 5) is 12.4. The average Bonchev–Trinajstić information content (AvgIpc) is 2.61. The van der Waals surface area contributed by atoms with Crippen molar-refractivity contribution in [2.24, 2.45) is 0 Å². The predicted octanol–water partition coefficient (Wildman–Crippen LogP) is 3.16. The van der Waals surface area contributed by atoms with Crippen molar-refractivity contribution in [3.63, 3.8) is 0 Å². The number of hydrogen-bond acceptors (Lipinski definition) is 3. The maximum atomic E-state index is 12.8. The zero-order valence-corrected chi connectivity index (χ0v) is 15.8. The van der Waals surface area contributed by atoms with Gasteiger partial charge in [-0.05, 0) is 61.9 Å². The van der Waals surface area contributed by atoms with Crippen LogP contribution >= 0.6 is 0 Å². The summed E-state index contributed by atoms with van der Waals surface area (Å²) in [6, 6.07) is 7.41. The van der Waals surface area contributed by atoms with Crippen LogP contribution in [0.2, 0.25) is 0 Å². The van der Waals surface area contributed by atoms with Gasteiger partial charge in [-0.15, -0.1) is 0 Å². The molecule has 27 heavy (non-hydrogen) atoms. The third-order valence-electron chi connectivity index (χ3n) is 4.15. The number of nitrogens with one attached hydrogen (secondary N) is 2. The fourth-order valence-electron chi connectivity index (χ4n) is 2.49. The van der Waals surface area contributed by atoms with Crippen LogP contribution in [0.4, 0.5) is 13.2 Å². The Balaban J connectivity index is 2.25. The standard InChI is InChI=1S/C18H19F3N2O3S/c1-11-7-14(9-16(12(11)2)27(25,26)22-3)17(24)23-10-13-5-4-6-15(8-13)18(19,20)21/h4-9,22H,10H2,1-3H3,(H,23,24). The molecule has 0 radical (unpaired) electrons. The Labute approximate surface area is 155 Å². The van der Waals surface area contributed by atoms with Crippen LogP contribution in [0.3, 0.4) is 0 Å². The van der Waals surface area contributed by atoms with Gasteiger partial charge in [0.05, 0.1) is 10.5 Å².